The molecule has 1 aromatic heterocycles. The van der Waals surface area contributed by atoms with Crippen molar-refractivity contribution in [1.82, 2.24) is 10.5 Å². The maximum absolute atomic E-state index is 16.1. The van der Waals surface area contributed by atoms with Crippen LogP contribution in [0, 0.1) is 11.3 Å². The van der Waals surface area contributed by atoms with Gasteiger partial charge in [0.1, 0.15) is 48.2 Å². The van der Waals surface area contributed by atoms with Gasteiger partial charge in [-0.3, -0.25) is 14.9 Å². The standard InChI is InChI=1S/C39H35FN2O9/c1-46-29-11-3-25(4-12-29)22-48-31-15-7-27(8-16-31)35(43)33-21-41-38(40)39(33,24-50-37(45)34-19-20-42-51-34)36(44)28-9-17-32(18-10-28)49-23-26-5-13-30(47-2)14-6-26/h3-20,33,38,41H,21-24H2,1-2H3. The van der Waals surface area contributed by atoms with Crippen molar-refractivity contribution in [2.45, 2.75) is 19.5 Å². The lowest BCUT2D eigenvalue weighted by Crippen LogP contribution is -2.50. The molecule has 2 heterocycles. The van der Waals surface area contributed by atoms with Crippen LogP contribution in [-0.4, -0.2) is 56.4 Å². The van der Waals surface area contributed by atoms with Gasteiger partial charge in [0.05, 0.1) is 26.3 Å². The summed E-state index contributed by atoms with van der Waals surface area (Å²) in [6.07, 6.45) is -0.777. The third-order valence-corrected chi connectivity index (χ3v) is 8.78. The van der Waals surface area contributed by atoms with Crippen molar-refractivity contribution in [3.63, 3.8) is 0 Å². The first-order chi connectivity index (χ1) is 24.8. The molecular weight excluding hydrogens is 659 g/mol. The minimum atomic E-state index is -2.11. The van der Waals surface area contributed by atoms with Crippen molar-refractivity contribution in [3.8, 4) is 23.0 Å². The molecule has 3 atom stereocenters. The third kappa shape index (κ3) is 7.76. The second-order valence-electron chi connectivity index (χ2n) is 11.8. The van der Waals surface area contributed by atoms with E-state index in [2.05, 4.69) is 10.5 Å². The Kier molecular flexibility index (Phi) is 10.7. The van der Waals surface area contributed by atoms with Crippen LogP contribution in [0.2, 0.25) is 0 Å². The molecule has 11 nitrogen and oxygen atoms in total. The molecule has 0 saturated carbocycles. The van der Waals surface area contributed by atoms with Gasteiger partial charge >= 0.3 is 5.97 Å². The number of halogens is 1. The fraction of sp³-hybridized carbons (Fsp3) is 0.231. The summed E-state index contributed by atoms with van der Waals surface area (Å²) in [5.74, 6) is -1.22. The second-order valence-corrected chi connectivity index (χ2v) is 11.8. The molecule has 12 heteroatoms. The van der Waals surface area contributed by atoms with Crippen molar-refractivity contribution >= 4 is 17.5 Å². The number of benzene rings is 4. The van der Waals surface area contributed by atoms with Crippen molar-refractivity contribution < 1.29 is 47.0 Å². The Balaban J connectivity index is 1.21. The van der Waals surface area contributed by atoms with Gasteiger partial charge in [-0.2, -0.15) is 0 Å². The molecule has 1 aliphatic rings. The summed E-state index contributed by atoms with van der Waals surface area (Å²) < 4.78 is 48.6. The smallest absolute Gasteiger partial charge is 0.377 e. The van der Waals surface area contributed by atoms with E-state index in [4.69, 9.17) is 28.2 Å². The summed E-state index contributed by atoms with van der Waals surface area (Å²) in [6.45, 7) is -0.372. The SMILES string of the molecule is COc1ccc(COc2ccc(C(=O)C3CNC(F)C3(COC(=O)c3ccno3)C(=O)c3ccc(OCc4ccc(OC)cc4)cc3)cc2)cc1. The number of rotatable bonds is 15. The topological polar surface area (TPSA) is 135 Å². The number of Topliss-reactive ketones (excluding diaryl/α,β-unsaturated/α-hetero) is 2. The zero-order valence-electron chi connectivity index (χ0n) is 27.9. The van der Waals surface area contributed by atoms with Crippen LogP contribution in [0.15, 0.2) is 114 Å². The molecule has 0 aliphatic carbocycles. The van der Waals surface area contributed by atoms with Crippen LogP contribution in [0.5, 0.6) is 23.0 Å². The number of alkyl halides is 1. The number of ether oxygens (including phenoxy) is 5. The van der Waals surface area contributed by atoms with E-state index >= 15 is 4.39 Å². The van der Waals surface area contributed by atoms with Crippen LogP contribution in [0.3, 0.4) is 0 Å². The number of methoxy groups -OCH3 is 2. The Morgan fingerprint density at radius 3 is 1.75 bits per heavy atom. The van der Waals surface area contributed by atoms with E-state index in [9.17, 15) is 14.4 Å². The van der Waals surface area contributed by atoms with Gasteiger partial charge < -0.3 is 28.2 Å². The van der Waals surface area contributed by atoms with Gasteiger partial charge in [-0.05, 0) is 83.9 Å². The van der Waals surface area contributed by atoms with Crippen LogP contribution in [0.4, 0.5) is 4.39 Å². The fourth-order valence-corrected chi connectivity index (χ4v) is 5.84. The second kappa shape index (κ2) is 15.7. The van der Waals surface area contributed by atoms with E-state index in [1.165, 1.54) is 24.4 Å². The minimum Gasteiger partial charge on any atom is -0.497 e. The van der Waals surface area contributed by atoms with E-state index in [0.29, 0.717) is 11.5 Å². The summed E-state index contributed by atoms with van der Waals surface area (Å²) in [6, 6.07) is 28.6. The van der Waals surface area contributed by atoms with Crippen LogP contribution in [-0.2, 0) is 18.0 Å². The molecule has 262 valence electrons. The van der Waals surface area contributed by atoms with E-state index in [0.717, 1.165) is 22.6 Å². The van der Waals surface area contributed by atoms with Crippen LogP contribution in [0.25, 0.3) is 0 Å². The highest BCUT2D eigenvalue weighted by molar-refractivity contribution is 6.08. The number of carbonyl (C=O) groups is 3. The van der Waals surface area contributed by atoms with Crippen molar-refractivity contribution in [2.75, 3.05) is 27.4 Å². The average molecular weight is 695 g/mol. The maximum Gasteiger partial charge on any atom is 0.377 e. The molecule has 1 saturated heterocycles. The summed E-state index contributed by atoms with van der Waals surface area (Å²) in [4.78, 5) is 41.2. The number of carbonyl (C=O) groups excluding carboxylic acids is 3. The summed E-state index contributed by atoms with van der Waals surface area (Å²) in [7, 11) is 3.18. The molecule has 0 spiro atoms. The lowest BCUT2D eigenvalue weighted by atomic mass is 9.69. The molecule has 4 aromatic carbocycles. The van der Waals surface area contributed by atoms with E-state index in [1.807, 2.05) is 48.5 Å². The molecule has 0 amide bonds. The normalized spacial score (nSPS) is 18.1. The largest absolute Gasteiger partial charge is 0.497 e. The van der Waals surface area contributed by atoms with Gasteiger partial charge in [-0.15, -0.1) is 0 Å². The van der Waals surface area contributed by atoms with Gasteiger partial charge in [-0.1, -0.05) is 29.4 Å². The quantitative estimate of drug-likeness (QED) is 0.0754. The molecule has 0 radical (unpaired) electrons. The Hall–Kier alpha value is -6.01. The zero-order chi connectivity index (χ0) is 35.8. The fourth-order valence-electron chi connectivity index (χ4n) is 5.84. The third-order valence-electron chi connectivity index (χ3n) is 8.78. The van der Waals surface area contributed by atoms with Crippen molar-refractivity contribution in [3.05, 3.63) is 137 Å². The maximum atomic E-state index is 16.1. The summed E-state index contributed by atoms with van der Waals surface area (Å²) in [5, 5.41) is 6.13. The van der Waals surface area contributed by atoms with Crippen LogP contribution < -0.4 is 24.3 Å². The number of ketones is 2. The molecule has 1 aliphatic heterocycles. The Morgan fingerprint density at radius 1 is 0.745 bits per heavy atom. The predicted molar refractivity (Wildman–Crippen MR) is 182 cm³/mol. The average Bonchev–Trinajstić information content (AvgIpc) is 3.84. The Morgan fingerprint density at radius 2 is 1.25 bits per heavy atom. The molecule has 51 heavy (non-hydrogen) atoms. The summed E-state index contributed by atoms with van der Waals surface area (Å²) >= 11 is 0. The van der Waals surface area contributed by atoms with Gasteiger partial charge in [0.2, 0.25) is 5.76 Å². The van der Waals surface area contributed by atoms with Gasteiger partial charge in [-0.25, -0.2) is 9.18 Å². The van der Waals surface area contributed by atoms with Crippen molar-refractivity contribution in [1.29, 1.82) is 0 Å². The van der Waals surface area contributed by atoms with E-state index in [1.54, 1.807) is 50.6 Å². The number of hydrogen-bond donors (Lipinski definition) is 1. The highest BCUT2D eigenvalue weighted by Crippen LogP contribution is 2.43. The molecule has 0 bridgehead atoms. The monoisotopic (exact) mass is 694 g/mol. The number of hydrogen-bond acceptors (Lipinski definition) is 11. The molecule has 5 aromatic rings. The van der Waals surface area contributed by atoms with Crippen LogP contribution >= 0.6 is 0 Å². The Bertz CT molecular complexity index is 1930. The number of esters is 1. The molecular formula is C39H35FN2O9. The van der Waals surface area contributed by atoms with E-state index in [-0.39, 0.29) is 36.6 Å². The first-order valence-corrected chi connectivity index (χ1v) is 16.1. The number of aromatic nitrogens is 1. The lowest BCUT2D eigenvalue weighted by Gasteiger charge is -2.33. The van der Waals surface area contributed by atoms with Gasteiger partial charge in [0, 0.05) is 23.7 Å². The molecule has 1 fully saturated rings. The number of nitrogens with zero attached hydrogens (tertiary/aromatic N) is 1. The first-order valence-electron chi connectivity index (χ1n) is 16.1. The number of nitrogens with one attached hydrogen (secondary N) is 1. The highest BCUT2D eigenvalue weighted by atomic mass is 19.1. The molecule has 6 rings (SSSR count). The van der Waals surface area contributed by atoms with E-state index < -0.39 is 41.8 Å². The Labute approximate surface area is 293 Å². The van der Waals surface area contributed by atoms with Gasteiger partial charge in [0.15, 0.2) is 17.9 Å². The van der Waals surface area contributed by atoms with Crippen LogP contribution in [0.1, 0.15) is 42.4 Å². The lowest BCUT2D eigenvalue weighted by molar-refractivity contribution is -0.00211. The predicted octanol–water partition coefficient (Wildman–Crippen LogP) is 6.27. The molecule has 3 unspecified atom stereocenters. The van der Waals surface area contributed by atoms with Crippen molar-refractivity contribution in [2.24, 2.45) is 11.3 Å². The zero-order valence-corrected chi connectivity index (χ0v) is 27.9. The first kappa shape index (κ1) is 34.8. The summed E-state index contributed by atoms with van der Waals surface area (Å²) in [5.41, 5.74) is 0.0468. The van der Waals surface area contributed by atoms with Gasteiger partial charge in [0.25, 0.3) is 0 Å². The molecule has 1 N–H and O–H groups in total. The minimum absolute atomic E-state index is 0.106. The highest BCUT2D eigenvalue weighted by Gasteiger charge is 2.60.